The number of ether oxygens (including phenoxy) is 1. The Bertz CT molecular complexity index is 1080. The van der Waals surface area contributed by atoms with E-state index in [-0.39, 0.29) is 36.2 Å². The number of imide groups is 1. The molecule has 0 bridgehead atoms. The van der Waals surface area contributed by atoms with Crippen molar-refractivity contribution < 1.29 is 23.9 Å². The van der Waals surface area contributed by atoms with Crippen LogP contribution in [0.4, 0.5) is 0 Å². The minimum Gasteiger partial charge on any atom is -0.462 e. The molecule has 3 amide bonds. The van der Waals surface area contributed by atoms with Crippen molar-refractivity contribution in [3.63, 3.8) is 0 Å². The van der Waals surface area contributed by atoms with Crippen molar-refractivity contribution in [2.24, 2.45) is 5.92 Å². The third-order valence-corrected chi connectivity index (χ3v) is 6.65. The summed E-state index contributed by atoms with van der Waals surface area (Å²) in [4.78, 5) is 53.5. The predicted octanol–water partition coefficient (Wildman–Crippen LogP) is 2.82. The third kappa shape index (κ3) is 4.29. The number of rotatable bonds is 6. The lowest BCUT2D eigenvalue weighted by Crippen LogP contribution is -2.44. The van der Waals surface area contributed by atoms with E-state index < -0.39 is 0 Å². The van der Waals surface area contributed by atoms with Gasteiger partial charge in [0.1, 0.15) is 6.54 Å². The van der Waals surface area contributed by atoms with E-state index in [1.54, 1.807) is 37.3 Å². The number of carbonyl (C=O) groups excluding carboxylic acids is 4. The van der Waals surface area contributed by atoms with Crippen LogP contribution in [-0.2, 0) is 16.1 Å². The number of amides is 3. The van der Waals surface area contributed by atoms with Gasteiger partial charge in [0.2, 0.25) is 5.91 Å². The summed E-state index contributed by atoms with van der Waals surface area (Å²) >= 11 is 0. The number of hydrogen-bond acceptors (Lipinski definition) is 5. The number of likely N-dealkylation sites (tertiary alicyclic amines) is 1. The van der Waals surface area contributed by atoms with Crippen LogP contribution < -0.4 is 0 Å². The molecule has 1 fully saturated rings. The van der Waals surface area contributed by atoms with Crippen molar-refractivity contribution >= 4 is 23.7 Å². The van der Waals surface area contributed by atoms with Crippen LogP contribution in [0.2, 0.25) is 0 Å². The van der Waals surface area contributed by atoms with Gasteiger partial charge >= 0.3 is 5.97 Å². The molecule has 1 aromatic heterocycles. The molecule has 0 saturated carbocycles. The van der Waals surface area contributed by atoms with E-state index in [4.69, 9.17) is 4.74 Å². The zero-order valence-electron chi connectivity index (χ0n) is 19.3. The van der Waals surface area contributed by atoms with Crippen LogP contribution in [0, 0.1) is 19.8 Å². The van der Waals surface area contributed by atoms with Gasteiger partial charge in [-0.05, 0) is 57.7 Å². The molecule has 0 radical (unpaired) electrons. The van der Waals surface area contributed by atoms with Gasteiger partial charge in [-0.25, -0.2) is 4.79 Å². The minimum atomic E-state index is -0.377. The fourth-order valence-electron chi connectivity index (χ4n) is 4.72. The molecule has 4 rings (SSSR count). The average Bonchev–Trinajstić information content (AvgIpc) is 3.23. The molecule has 8 nitrogen and oxygen atoms in total. The minimum absolute atomic E-state index is 0.00797. The Morgan fingerprint density at radius 2 is 1.64 bits per heavy atom. The first-order valence-corrected chi connectivity index (χ1v) is 11.4. The number of hydrogen-bond donors (Lipinski definition) is 0. The van der Waals surface area contributed by atoms with Gasteiger partial charge < -0.3 is 14.2 Å². The van der Waals surface area contributed by atoms with Crippen molar-refractivity contribution in [2.45, 2.75) is 40.2 Å². The SMILES string of the molecule is CCOC(=O)c1cc(C)n(CC(=O)N2CCC(CN3C(=O)c4ccccc4C3=O)CC2)c1C. The molecule has 0 aliphatic carbocycles. The summed E-state index contributed by atoms with van der Waals surface area (Å²) in [5.41, 5.74) is 2.98. The third-order valence-electron chi connectivity index (χ3n) is 6.65. The summed E-state index contributed by atoms with van der Waals surface area (Å²) in [6.45, 7) is 7.47. The summed E-state index contributed by atoms with van der Waals surface area (Å²) in [6.07, 6.45) is 1.47. The van der Waals surface area contributed by atoms with Crippen LogP contribution in [0.3, 0.4) is 0 Å². The summed E-state index contributed by atoms with van der Waals surface area (Å²) in [6, 6.07) is 8.67. The smallest absolute Gasteiger partial charge is 0.339 e. The lowest BCUT2D eigenvalue weighted by Gasteiger charge is -2.33. The fourth-order valence-corrected chi connectivity index (χ4v) is 4.72. The first-order chi connectivity index (χ1) is 15.8. The fraction of sp³-hybridized carbons (Fsp3) is 0.440. The van der Waals surface area contributed by atoms with E-state index in [0.29, 0.717) is 42.9 Å². The van der Waals surface area contributed by atoms with Gasteiger partial charge in [0.15, 0.2) is 0 Å². The second-order valence-electron chi connectivity index (χ2n) is 8.68. The Morgan fingerprint density at radius 3 is 2.21 bits per heavy atom. The topological polar surface area (TPSA) is 88.9 Å². The molecule has 33 heavy (non-hydrogen) atoms. The van der Waals surface area contributed by atoms with Crippen LogP contribution in [0.25, 0.3) is 0 Å². The largest absolute Gasteiger partial charge is 0.462 e. The summed E-state index contributed by atoms with van der Waals surface area (Å²) in [5.74, 6) is -0.679. The van der Waals surface area contributed by atoms with Crippen LogP contribution in [-0.4, -0.2) is 64.3 Å². The number of benzene rings is 1. The molecule has 1 saturated heterocycles. The molecule has 2 aromatic rings. The Morgan fingerprint density at radius 1 is 1.03 bits per heavy atom. The molecule has 0 unspecified atom stereocenters. The molecule has 1 aromatic carbocycles. The lowest BCUT2D eigenvalue weighted by molar-refractivity contribution is -0.133. The molecule has 2 aliphatic rings. The van der Waals surface area contributed by atoms with E-state index >= 15 is 0 Å². The molecule has 174 valence electrons. The molecule has 0 N–H and O–H groups in total. The quantitative estimate of drug-likeness (QED) is 0.498. The van der Waals surface area contributed by atoms with Gasteiger partial charge in [-0.3, -0.25) is 19.3 Å². The highest BCUT2D eigenvalue weighted by molar-refractivity contribution is 6.21. The van der Waals surface area contributed by atoms with Crippen molar-refractivity contribution in [3.05, 3.63) is 58.4 Å². The highest BCUT2D eigenvalue weighted by Gasteiger charge is 2.37. The molecule has 3 heterocycles. The number of esters is 1. The molecule has 0 spiro atoms. The maximum atomic E-state index is 13.0. The Labute approximate surface area is 193 Å². The van der Waals surface area contributed by atoms with E-state index in [1.807, 2.05) is 23.3 Å². The molecule has 2 aliphatic heterocycles. The summed E-state index contributed by atoms with van der Waals surface area (Å²) in [7, 11) is 0. The maximum absolute atomic E-state index is 13.0. The Hall–Kier alpha value is -3.42. The second kappa shape index (κ2) is 9.21. The van der Waals surface area contributed by atoms with Crippen LogP contribution in [0.1, 0.15) is 62.2 Å². The number of nitrogens with zero attached hydrogens (tertiary/aromatic N) is 3. The monoisotopic (exact) mass is 451 g/mol. The van der Waals surface area contributed by atoms with Gasteiger partial charge in [-0.15, -0.1) is 0 Å². The van der Waals surface area contributed by atoms with Crippen molar-refractivity contribution in [1.82, 2.24) is 14.4 Å². The van der Waals surface area contributed by atoms with E-state index in [2.05, 4.69) is 0 Å². The highest BCUT2D eigenvalue weighted by atomic mass is 16.5. The lowest BCUT2D eigenvalue weighted by atomic mass is 9.96. The van der Waals surface area contributed by atoms with E-state index in [0.717, 1.165) is 24.2 Å². The van der Waals surface area contributed by atoms with E-state index in [1.165, 1.54) is 4.90 Å². The zero-order chi connectivity index (χ0) is 23.7. The van der Waals surface area contributed by atoms with Gasteiger partial charge in [0.05, 0.1) is 23.3 Å². The standard InChI is InChI=1S/C25H29N3O5/c1-4-33-25(32)21-13-16(2)27(17(21)3)15-22(29)26-11-9-18(10-12-26)14-28-23(30)19-7-5-6-8-20(19)24(28)31/h5-8,13,18H,4,9-12,14-15H2,1-3H3. The molecular formula is C25H29N3O5. The highest BCUT2D eigenvalue weighted by Crippen LogP contribution is 2.27. The van der Waals surface area contributed by atoms with Crippen molar-refractivity contribution in [3.8, 4) is 0 Å². The first kappa shape index (κ1) is 22.8. The number of aromatic nitrogens is 1. The number of carbonyl (C=O) groups is 4. The van der Waals surface area contributed by atoms with Crippen molar-refractivity contribution in [1.29, 1.82) is 0 Å². The van der Waals surface area contributed by atoms with Crippen LogP contribution in [0.5, 0.6) is 0 Å². The average molecular weight is 452 g/mol. The molecule has 8 heteroatoms. The number of fused-ring (bicyclic) bond motifs is 1. The van der Waals surface area contributed by atoms with Crippen LogP contribution >= 0.6 is 0 Å². The summed E-state index contributed by atoms with van der Waals surface area (Å²) in [5, 5.41) is 0. The van der Waals surface area contributed by atoms with Crippen LogP contribution in [0.15, 0.2) is 30.3 Å². The second-order valence-corrected chi connectivity index (χ2v) is 8.68. The normalized spacial score (nSPS) is 16.3. The number of aryl methyl sites for hydroxylation is 1. The van der Waals surface area contributed by atoms with Gasteiger partial charge in [-0.1, -0.05) is 12.1 Å². The predicted molar refractivity (Wildman–Crippen MR) is 121 cm³/mol. The Balaban J connectivity index is 1.34. The van der Waals surface area contributed by atoms with Gasteiger partial charge in [0.25, 0.3) is 11.8 Å². The number of piperidine rings is 1. The summed E-state index contributed by atoms with van der Waals surface area (Å²) < 4.78 is 6.95. The van der Waals surface area contributed by atoms with E-state index in [9.17, 15) is 19.2 Å². The molecule has 0 atom stereocenters. The zero-order valence-corrected chi connectivity index (χ0v) is 19.3. The van der Waals surface area contributed by atoms with Gasteiger partial charge in [0, 0.05) is 31.0 Å². The maximum Gasteiger partial charge on any atom is 0.339 e. The Kier molecular flexibility index (Phi) is 6.35. The first-order valence-electron chi connectivity index (χ1n) is 11.4. The molecular weight excluding hydrogens is 422 g/mol. The van der Waals surface area contributed by atoms with Crippen molar-refractivity contribution in [2.75, 3.05) is 26.2 Å². The van der Waals surface area contributed by atoms with Gasteiger partial charge in [-0.2, -0.15) is 0 Å².